The van der Waals surface area contributed by atoms with Gasteiger partial charge in [-0.3, -0.25) is 0 Å². The molecule has 0 N–H and O–H groups in total. The fraction of sp³-hybridized carbons (Fsp3) is 0.0893. The van der Waals surface area contributed by atoms with E-state index in [1.807, 2.05) is 6.07 Å². The molecule has 278 valence electrons. The Morgan fingerprint density at radius 1 is 0.424 bits per heavy atom. The largest absolute Gasteiger partial charge is 0.208 e. The summed E-state index contributed by atoms with van der Waals surface area (Å²) < 4.78 is 0. The SMILES string of the molecule is CC1(C)c2ccccc2C2(c3ccccc3-c3c(-c4ccc(-c5nc(C6=CC7=CC7C=C6)nc(-c6cccc(-c7ccccc7)c6)n5)cc4)cccc32)c2ccccc21. The van der Waals surface area contributed by atoms with Crippen molar-refractivity contribution in [3.05, 3.63) is 239 Å². The maximum absolute atomic E-state index is 5.15. The predicted octanol–water partition coefficient (Wildman–Crippen LogP) is 13.1. The summed E-state index contributed by atoms with van der Waals surface area (Å²) in [6.07, 6.45) is 8.85. The van der Waals surface area contributed by atoms with E-state index < -0.39 is 5.41 Å². The highest BCUT2D eigenvalue weighted by Crippen LogP contribution is 2.63. The van der Waals surface area contributed by atoms with Gasteiger partial charge in [0, 0.05) is 28.0 Å². The fourth-order valence-electron chi connectivity index (χ4n) is 10.2. The van der Waals surface area contributed by atoms with E-state index in [2.05, 4.69) is 202 Å². The molecule has 0 fully saturated rings. The topological polar surface area (TPSA) is 38.7 Å². The Bertz CT molecular complexity index is 3080. The number of aromatic nitrogens is 3. The third kappa shape index (κ3) is 5.04. The van der Waals surface area contributed by atoms with Crippen LogP contribution in [-0.2, 0) is 10.8 Å². The molecule has 1 atom stereocenters. The fourth-order valence-corrected chi connectivity index (χ4v) is 10.2. The van der Waals surface area contributed by atoms with Gasteiger partial charge in [-0.25, -0.2) is 15.0 Å². The first kappa shape index (κ1) is 33.9. The molecule has 4 aliphatic carbocycles. The van der Waals surface area contributed by atoms with Gasteiger partial charge in [-0.05, 0) is 84.5 Å². The Morgan fingerprint density at radius 3 is 1.69 bits per heavy atom. The Balaban J connectivity index is 1.00. The zero-order valence-electron chi connectivity index (χ0n) is 32.9. The smallest absolute Gasteiger partial charge is 0.164 e. The average molecular weight is 754 g/mol. The molecule has 3 heteroatoms. The second-order valence-corrected chi connectivity index (χ2v) is 16.7. The van der Waals surface area contributed by atoms with Crippen molar-refractivity contribution < 1.29 is 0 Å². The molecule has 0 amide bonds. The minimum atomic E-state index is -0.432. The van der Waals surface area contributed by atoms with Gasteiger partial charge in [0.05, 0.1) is 5.41 Å². The standard InChI is InChI=1S/C56H39N3/c1-55(2)46-21-8-10-23-48(46)56(49-24-11-9-22-47(49)55)45-20-7-6-18-44(45)51-43(19-13-25-50(51)56)36-26-28-37(29-27-36)52-57-53(59-54(58-52)41-31-30-39-33-42(39)34-41)40-17-12-16-38(32-40)35-14-4-3-5-15-35/h3-34,39H,1-2H3. The first-order chi connectivity index (χ1) is 29.0. The van der Waals surface area contributed by atoms with Crippen molar-refractivity contribution in [3.63, 3.8) is 0 Å². The first-order valence-electron chi connectivity index (χ1n) is 20.6. The van der Waals surface area contributed by atoms with Crippen LogP contribution in [0.15, 0.2) is 200 Å². The van der Waals surface area contributed by atoms with Crippen LogP contribution in [0.4, 0.5) is 0 Å². The van der Waals surface area contributed by atoms with Gasteiger partial charge in [0.15, 0.2) is 17.5 Å². The predicted molar refractivity (Wildman–Crippen MR) is 240 cm³/mol. The van der Waals surface area contributed by atoms with E-state index in [0.717, 1.165) is 33.4 Å². The average Bonchev–Trinajstić information content (AvgIpc) is 4.03. The van der Waals surface area contributed by atoms with E-state index in [0.29, 0.717) is 23.4 Å². The summed E-state index contributed by atoms with van der Waals surface area (Å²) in [7, 11) is 0. The molecule has 1 aromatic heterocycles. The number of benzene rings is 7. The minimum absolute atomic E-state index is 0.134. The van der Waals surface area contributed by atoms with Crippen LogP contribution < -0.4 is 0 Å². The highest BCUT2D eigenvalue weighted by Gasteiger charge is 2.53. The molecule has 0 bridgehead atoms. The van der Waals surface area contributed by atoms with E-state index in [-0.39, 0.29) is 5.41 Å². The number of nitrogens with zero attached hydrogens (tertiary/aromatic N) is 3. The lowest BCUT2D eigenvalue weighted by Gasteiger charge is -2.46. The van der Waals surface area contributed by atoms with Crippen LogP contribution in [0.5, 0.6) is 0 Å². The Morgan fingerprint density at radius 2 is 0.966 bits per heavy atom. The van der Waals surface area contributed by atoms with Crippen molar-refractivity contribution in [1.82, 2.24) is 15.0 Å². The number of hydrogen-bond donors (Lipinski definition) is 0. The summed E-state index contributed by atoms with van der Waals surface area (Å²) in [6.45, 7) is 4.75. The molecule has 7 aromatic carbocycles. The highest BCUT2D eigenvalue weighted by molar-refractivity contribution is 5.96. The van der Waals surface area contributed by atoms with E-state index >= 15 is 0 Å². The van der Waals surface area contributed by atoms with Crippen LogP contribution in [0, 0.1) is 5.92 Å². The second-order valence-electron chi connectivity index (χ2n) is 16.7. The van der Waals surface area contributed by atoms with Crippen molar-refractivity contribution in [1.29, 1.82) is 0 Å². The first-order valence-corrected chi connectivity index (χ1v) is 20.6. The van der Waals surface area contributed by atoms with Crippen molar-refractivity contribution in [2.75, 3.05) is 0 Å². The van der Waals surface area contributed by atoms with Gasteiger partial charge in [0.25, 0.3) is 0 Å². The number of allylic oxidation sites excluding steroid dienone is 6. The van der Waals surface area contributed by atoms with Gasteiger partial charge in [-0.15, -0.1) is 0 Å². The molecule has 4 aliphatic rings. The zero-order chi connectivity index (χ0) is 39.3. The van der Waals surface area contributed by atoms with Crippen molar-refractivity contribution in [3.8, 4) is 56.2 Å². The number of fused-ring (bicyclic) bond motifs is 10. The Kier molecular flexibility index (Phi) is 7.25. The van der Waals surface area contributed by atoms with Crippen LogP contribution >= 0.6 is 0 Å². The third-order valence-corrected chi connectivity index (χ3v) is 13.1. The van der Waals surface area contributed by atoms with Crippen LogP contribution in [0.3, 0.4) is 0 Å². The summed E-state index contributed by atoms with van der Waals surface area (Å²) in [6, 6.07) is 62.0. The minimum Gasteiger partial charge on any atom is -0.208 e. The molecule has 8 aromatic rings. The van der Waals surface area contributed by atoms with Crippen LogP contribution in [0.25, 0.3) is 61.7 Å². The van der Waals surface area contributed by atoms with Gasteiger partial charge >= 0.3 is 0 Å². The zero-order valence-corrected chi connectivity index (χ0v) is 32.9. The maximum Gasteiger partial charge on any atom is 0.164 e. The van der Waals surface area contributed by atoms with Gasteiger partial charge < -0.3 is 0 Å². The quantitative estimate of drug-likeness (QED) is 0.176. The summed E-state index contributed by atoms with van der Waals surface area (Å²) in [5, 5.41) is 0. The lowest BCUT2D eigenvalue weighted by Crippen LogP contribution is -2.40. The summed E-state index contributed by atoms with van der Waals surface area (Å²) >= 11 is 0. The van der Waals surface area contributed by atoms with Gasteiger partial charge in [0.1, 0.15) is 0 Å². The van der Waals surface area contributed by atoms with Gasteiger partial charge in [-0.2, -0.15) is 0 Å². The molecule has 3 nitrogen and oxygen atoms in total. The van der Waals surface area contributed by atoms with Gasteiger partial charge in [-0.1, -0.05) is 196 Å². The maximum atomic E-state index is 5.15. The summed E-state index contributed by atoms with van der Waals surface area (Å²) in [5.74, 6) is 2.45. The molecule has 0 saturated heterocycles. The normalized spacial score (nSPS) is 16.9. The lowest BCUT2D eigenvalue weighted by atomic mass is 9.55. The Labute approximate surface area is 344 Å². The van der Waals surface area contributed by atoms with Gasteiger partial charge in [0.2, 0.25) is 0 Å². The highest BCUT2D eigenvalue weighted by atomic mass is 15.0. The second kappa shape index (κ2) is 12.6. The Hall–Kier alpha value is -7.23. The molecule has 0 saturated carbocycles. The molecular formula is C56H39N3. The lowest BCUT2D eigenvalue weighted by molar-refractivity contribution is 0.563. The van der Waals surface area contributed by atoms with E-state index in [4.69, 9.17) is 15.0 Å². The molecule has 12 rings (SSSR count). The molecule has 59 heavy (non-hydrogen) atoms. The van der Waals surface area contributed by atoms with Crippen LogP contribution in [0.1, 0.15) is 53.1 Å². The molecule has 1 spiro atoms. The van der Waals surface area contributed by atoms with E-state index in [9.17, 15) is 0 Å². The van der Waals surface area contributed by atoms with E-state index in [1.165, 1.54) is 55.6 Å². The molecule has 0 aliphatic heterocycles. The molecular weight excluding hydrogens is 715 g/mol. The third-order valence-electron chi connectivity index (χ3n) is 13.1. The summed E-state index contributed by atoms with van der Waals surface area (Å²) in [5.41, 5.74) is 19.1. The van der Waals surface area contributed by atoms with Crippen LogP contribution in [-0.4, -0.2) is 15.0 Å². The monoisotopic (exact) mass is 753 g/mol. The van der Waals surface area contributed by atoms with Crippen molar-refractivity contribution in [2.24, 2.45) is 5.92 Å². The van der Waals surface area contributed by atoms with Crippen molar-refractivity contribution >= 4 is 5.57 Å². The van der Waals surface area contributed by atoms with E-state index in [1.54, 1.807) is 0 Å². The number of rotatable bonds is 5. The molecule has 1 unspecified atom stereocenters. The summed E-state index contributed by atoms with van der Waals surface area (Å²) in [4.78, 5) is 15.3. The van der Waals surface area contributed by atoms with Crippen LogP contribution in [0.2, 0.25) is 0 Å². The number of hydrogen-bond acceptors (Lipinski definition) is 3. The van der Waals surface area contributed by atoms with Crippen molar-refractivity contribution in [2.45, 2.75) is 24.7 Å². The molecule has 1 heterocycles. The molecule has 0 radical (unpaired) electrons.